The lowest BCUT2D eigenvalue weighted by Crippen LogP contribution is -2.64. The third-order valence-corrected chi connectivity index (χ3v) is 15.8. The van der Waals surface area contributed by atoms with E-state index in [1.807, 2.05) is 48.5 Å². The number of amides is 8. The minimum Gasteiger partial charge on any atom is -0.467 e. The number of imide groups is 1. The summed E-state index contributed by atoms with van der Waals surface area (Å²) in [5.41, 5.74) is 7.44. The first-order valence-corrected chi connectivity index (χ1v) is 30.0. The number of carbonyl (C=O) groups is 11. The van der Waals surface area contributed by atoms with E-state index in [1.54, 1.807) is 36.4 Å². The van der Waals surface area contributed by atoms with Crippen molar-refractivity contribution in [2.24, 2.45) is 0 Å². The van der Waals surface area contributed by atoms with Crippen LogP contribution in [0.4, 0.5) is 25.8 Å². The Bertz CT molecular complexity index is 3670. The van der Waals surface area contributed by atoms with Crippen molar-refractivity contribution in [2.45, 2.75) is 109 Å². The minimum atomic E-state index is -1.81. The summed E-state index contributed by atoms with van der Waals surface area (Å²) in [6.07, 6.45) is -9.71. The average molecular weight is 1300 g/mol. The summed E-state index contributed by atoms with van der Waals surface area (Å²) < 4.78 is 50.5. The fourth-order valence-electron chi connectivity index (χ4n) is 11.1. The number of rotatable bonds is 24. The molecule has 4 aliphatic rings. The molecule has 28 heteroatoms. The van der Waals surface area contributed by atoms with Crippen LogP contribution in [-0.2, 0) is 97.6 Å². The molecule has 8 amide bonds. The number of halogens is 1. The van der Waals surface area contributed by atoms with Crippen LogP contribution in [0.25, 0.3) is 11.1 Å². The van der Waals surface area contributed by atoms with E-state index < -0.39 is 90.7 Å². The van der Waals surface area contributed by atoms with Crippen molar-refractivity contribution in [3.8, 4) is 16.9 Å². The van der Waals surface area contributed by atoms with Gasteiger partial charge in [0, 0.05) is 89.0 Å². The second-order valence-corrected chi connectivity index (χ2v) is 22.4. The number of methoxy groups -OCH3 is 1. The van der Waals surface area contributed by atoms with Gasteiger partial charge in [-0.05, 0) is 87.7 Å². The van der Waals surface area contributed by atoms with Crippen molar-refractivity contribution in [1.29, 1.82) is 0 Å². The molecule has 2 saturated heterocycles. The molecule has 3 aliphatic heterocycles. The fourth-order valence-corrected chi connectivity index (χ4v) is 11.3. The lowest BCUT2D eigenvalue weighted by Gasteiger charge is -2.43. The molecule has 0 aromatic heterocycles. The van der Waals surface area contributed by atoms with Gasteiger partial charge in [-0.25, -0.2) is 19.2 Å². The van der Waals surface area contributed by atoms with Crippen LogP contribution < -0.4 is 31.3 Å². The first-order valence-electron chi connectivity index (χ1n) is 29.6. The van der Waals surface area contributed by atoms with Crippen LogP contribution in [0, 0.1) is 0 Å². The van der Waals surface area contributed by atoms with E-state index in [2.05, 4.69) is 26.6 Å². The van der Waals surface area contributed by atoms with E-state index in [0.717, 1.165) is 61.3 Å². The average Bonchev–Trinajstić information content (AvgIpc) is 1.77. The topological polar surface area (TPSA) is 337 Å². The van der Waals surface area contributed by atoms with Gasteiger partial charge in [-0.3, -0.25) is 38.9 Å². The summed E-state index contributed by atoms with van der Waals surface area (Å²) in [7, 11) is 2.53. The molecule has 6 atom stereocenters. The molecule has 93 heavy (non-hydrogen) atoms. The van der Waals surface area contributed by atoms with Gasteiger partial charge in [0.05, 0.1) is 26.0 Å². The molecule has 3 heterocycles. The summed E-state index contributed by atoms with van der Waals surface area (Å²) in [4.78, 5) is 143. The van der Waals surface area contributed by atoms with Gasteiger partial charge in [-0.2, -0.15) is 0 Å². The van der Waals surface area contributed by atoms with E-state index in [0.29, 0.717) is 33.8 Å². The molecule has 5 aromatic rings. The number of urea groups is 1. The van der Waals surface area contributed by atoms with Gasteiger partial charge in [0.1, 0.15) is 25.0 Å². The van der Waals surface area contributed by atoms with Gasteiger partial charge in [0.25, 0.3) is 5.91 Å². The molecule has 5 aromatic carbocycles. The maximum atomic E-state index is 13.7. The van der Waals surface area contributed by atoms with E-state index >= 15 is 0 Å². The van der Waals surface area contributed by atoms with Crippen LogP contribution >= 0.6 is 11.6 Å². The second kappa shape index (κ2) is 30.8. The number of carbonyl (C=O) groups excluding carboxylic acids is 11. The molecule has 0 saturated carbocycles. The van der Waals surface area contributed by atoms with Crippen molar-refractivity contribution < 1.29 is 95.4 Å². The molecule has 0 radical (unpaired) electrons. The third-order valence-electron chi connectivity index (χ3n) is 15.5. The number of benzene rings is 5. The minimum absolute atomic E-state index is 0.0354. The Morgan fingerprint density at radius 1 is 0.742 bits per heavy atom. The molecule has 490 valence electrons. The zero-order chi connectivity index (χ0) is 66.5. The quantitative estimate of drug-likeness (QED) is 0.0199. The van der Waals surface area contributed by atoms with E-state index in [-0.39, 0.29) is 101 Å². The Morgan fingerprint density at radius 2 is 1.43 bits per heavy atom. The molecular weight excluding hydrogens is 1230 g/mol. The molecular formula is C65H68ClN7O20. The number of hydrogen-bond acceptors (Lipinski definition) is 20. The number of ether oxygens (including phenoxy) is 9. The molecule has 9 rings (SSSR count). The second-order valence-electron chi connectivity index (χ2n) is 22.0. The summed E-state index contributed by atoms with van der Waals surface area (Å²) >= 11 is 6.59. The van der Waals surface area contributed by atoms with Gasteiger partial charge in [0.15, 0.2) is 18.3 Å². The first-order chi connectivity index (χ1) is 44.6. The number of fused-ring (bicyclic) bond motifs is 4. The third kappa shape index (κ3) is 17.1. The summed E-state index contributed by atoms with van der Waals surface area (Å²) in [6, 6.07) is 28.9. The zero-order valence-corrected chi connectivity index (χ0v) is 52.0. The number of anilines is 2. The highest BCUT2D eigenvalue weighted by molar-refractivity contribution is 6.31. The van der Waals surface area contributed by atoms with Crippen molar-refractivity contribution in [1.82, 2.24) is 25.8 Å². The lowest BCUT2D eigenvalue weighted by molar-refractivity contribution is -0.282. The molecule has 27 nitrogen and oxygen atoms in total. The molecule has 1 unspecified atom stereocenters. The van der Waals surface area contributed by atoms with E-state index in [9.17, 15) is 52.7 Å². The Hall–Kier alpha value is -10.1. The monoisotopic (exact) mass is 1300 g/mol. The van der Waals surface area contributed by atoms with Crippen molar-refractivity contribution in [3.05, 3.63) is 147 Å². The Balaban J connectivity index is 0.772. The number of piperidine rings is 1. The van der Waals surface area contributed by atoms with Gasteiger partial charge >= 0.3 is 42.1 Å². The predicted molar refractivity (Wildman–Crippen MR) is 328 cm³/mol. The first kappa shape index (κ1) is 67.3. The van der Waals surface area contributed by atoms with E-state index in [4.69, 9.17) is 54.2 Å². The molecule has 1 aliphatic carbocycles. The van der Waals surface area contributed by atoms with Gasteiger partial charge in [-0.15, -0.1) is 0 Å². The Morgan fingerprint density at radius 3 is 2.12 bits per heavy atom. The Labute approximate surface area is 538 Å². The van der Waals surface area contributed by atoms with Crippen molar-refractivity contribution in [3.63, 3.8) is 0 Å². The van der Waals surface area contributed by atoms with Crippen molar-refractivity contribution in [2.75, 3.05) is 57.7 Å². The zero-order valence-electron chi connectivity index (χ0n) is 51.3. The van der Waals surface area contributed by atoms with Crippen LogP contribution in [0.2, 0.25) is 5.02 Å². The largest absolute Gasteiger partial charge is 0.467 e. The maximum Gasteiger partial charge on any atom is 0.409 e. The molecule has 0 bridgehead atoms. The summed E-state index contributed by atoms with van der Waals surface area (Å²) in [5.74, 6) is -6.01. The van der Waals surface area contributed by atoms with Crippen LogP contribution in [-0.4, -0.2) is 159 Å². The molecule has 0 spiro atoms. The number of nitrogens with one attached hydrogen (secondary N) is 5. The van der Waals surface area contributed by atoms with Crippen LogP contribution in [0.3, 0.4) is 0 Å². The highest BCUT2D eigenvalue weighted by Crippen LogP contribution is 2.45. The van der Waals surface area contributed by atoms with Crippen molar-refractivity contribution >= 4 is 88.7 Å². The van der Waals surface area contributed by atoms with Gasteiger partial charge in [0.2, 0.25) is 30.1 Å². The highest BCUT2D eigenvalue weighted by Gasteiger charge is 2.56. The number of nitrogens with zero attached hydrogens (tertiary/aromatic N) is 2. The number of alkyl carbamates (subject to hydrolysis) is 1. The SMILES string of the molecule is COC(=O)[C@H]1O[C@@H](Oc2ccc(COC(=O)N(C)CCOCCc3ccc(NC(=O)NCc4ccc5c(c4)CN(C4CCC(=O)NC4=O)C5=O)cc3Cl)cc2NC(=O)CCNC(=O)OCC2c3ccccc3-c3ccccc32)[C@H](OC(C)=O)[C@@H](OC(C)=O)[C@@H]1OC(C)=O. The number of hydrogen-bond donors (Lipinski definition) is 5. The number of esters is 4. The Kier molecular flexibility index (Phi) is 22.3. The number of likely N-dealkylation sites (N-methyl/N-ethyl adjacent to an activating group) is 1. The molecule has 2 fully saturated rings. The van der Waals surface area contributed by atoms with Crippen LogP contribution in [0.5, 0.6) is 5.75 Å². The van der Waals surface area contributed by atoms with E-state index in [1.165, 1.54) is 35.0 Å². The highest BCUT2D eigenvalue weighted by atomic mass is 35.5. The summed E-state index contributed by atoms with van der Waals surface area (Å²) in [6.45, 7) is 3.39. The smallest absolute Gasteiger partial charge is 0.409 e. The van der Waals surface area contributed by atoms with Gasteiger partial charge < -0.3 is 73.7 Å². The van der Waals surface area contributed by atoms with Crippen LogP contribution in [0.15, 0.2) is 103 Å². The summed E-state index contributed by atoms with van der Waals surface area (Å²) in [5, 5.41) is 13.5. The maximum absolute atomic E-state index is 13.7. The predicted octanol–water partition coefficient (Wildman–Crippen LogP) is 6.19. The normalized spacial score (nSPS) is 18.7. The van der Waals surface area contributed by atoms with Crippen LogP contribution in [0.1, 0.15) is 89.7 Å². The standard InChI is InChI=1S/C65H68ClN7O20/c1-35(74)89-55-56(90-36(2)75)58(91-37(3)76)62(93-57(55)61(81)85-5)92-52-20-15-39(29-50(52)70-54(78)22-24-67-64(83)87-34-48-46-12-8-6-10-44(46)45-11-7-9-13-47(45)48)33-88-65(84)72(4)25-27-86-26-23-40-16-17-42(30-49(40)66)69-63(82)68-31-38-14-18-43-41(28-38)32-73(60(43)80)51-19-21-53(77)71-59(51)79/h6-18,20,28-30,48,51,55-58,62H,19,21-27,31-34H2,1-5H3,(H,67,83)(H,70,78)(H2,68,69,82)(H,71,77,79)/t51?,55-,56-,57-,58+,62+/m0/s1. The molecule has 5 N–H and O–H groups in total. The lowest BCUT2D eigenvalue weighted by atomic mass is 9.97. The fraction of sp³-hybridized carbons (Fsp3) is 0.369. The van der Waals surface area contributed by atoms with Gasteiger partial charge in [-0.1, -0.05) is 84.4 Å².